The van der Waals surface area contributed by atoms with Crippen LogP contribution in [0.1, 0.15) is 29.0 Å². The van der Waals surface area contributed by atoms with Gasteiger partial charge in [0.15, 0.2) is 16.7 Å². The lowest BCUT2D eigenvalue weighted by Gasteiger charge is -2.10. The van der Waals surface area contributed by atoms with E-state index in [2.05, 4.69) is 10.4 Å². The van der Waals surface area contributed by atoms with Crippen LogP contribution in [0.25, 0.3) is 20.8 Å². The number of methoxy groups -OCH3 is 2. The lowest BCUT2D eigenvalue weighted by Crippen LogP contribution is -2.01. The van der Waals surface area contributed by atoms with Crippen molar-refractivity contribution in [2.24, 2.45) is 0 Å². The molecule has 1 aliphatic carbocycles. The van der Waals surface area contributed by atoms with Gasteiger partial charge in [0.05, 0.1) is 30.9 Å². The highest BCUT2D eigenvalue weighted by molar-refractivity contribution is 7.98. The van der Waals surface area contributed by atoms with Crippen molar-refractivity contribution in [1.29, 1.82) is 0 Å². The van der Waals surface area contributed by atoms with Gasteiger partial charge in [-0.2, -0.15) is 0 Å². The number of benzene rings is 1. The van der Waals surface area contributed by atoms with E-state index in [0.29, 0.717) is 28.2 Å². The number of thiazole rings is 1. The van der Waals surface area contributed by atoms with Crippen molar-refractivity contribution in [3.05, 3.63) is 39.7 Å². The lowest BCUT2D eigenvalue weighted by atomic mass is 9.97. The summed E-state index contributed by atoms with van der Waals surface area (Å²) < 4.78 is 11.0. The summed E-state index contributed by atoms with van der Waals surface area (Å²) in [5.41, 5.74) is 9.61. The Bertz CT molecular complexity index is 1250. The van der Waals surface area contributed by atoms with Crippen LogP contribution in [0.4, 0.5) is 5.82 Å². The summed E-state index contributed by atoms with van der Waals surface area (Å²) in [6.07, 6.45) is 4.69. The fourth-order valence-electron chi connectivity index (χ4n) is 3.92. The second-order valence-corrected chi connectivity index (χ2v) is 10.1. The van der Waals surface area contributed by atoms with Gasteiger partial charge >= 0.3 is 0 Å². The summed E-state index contributed by atoms with van der Waals surface area (Å²) in [6.45, 7) is 0. The number of aryl methyl sites for hydroxylation is 2. The van der Waals surface area contributed by atoms with Crippen molar-refractivity contribution >= 4 is 50.5 Å². The number of aromatic nitrogens is 3. The number of ether oxygens (including phenoxy) is 2. The third-order valence-electron chi connectivity index (χ3n) is 5.36. The van der Waals surface area contributed by atoms with Crippen molar-refractivity contribution in [3.8, 4) is 22.1 Å². The Morgan fingerprint density at radius 2 is 1.97 bits per heavy atom. The first-order chi connectivity index (χ1) is 15.2. The number of nitrogen functional groups attached to an aromatic ring is 1. The van der Waals surface area contributed by atoms with Gasteiger partial charge in [-0.3, -0.25) is 0 Å². The number of hydrogen-bond donors (Lipinski definition) is 1. The Morgan fingerprint density at radius 3 is 2.81 bits per heavy atom. The average molecular weight is 471 g/mol. The number of thioether (sulfide) groups is 1. The normalized spacial score (nSPS) is 13.4. The number of rotatable bonds is 6. The molecule has 31 heavy (non-hydrogen) atoms. The summed E-state index contributed by atoms with van der Waals surface area (Å²) in [7, 11) is 3.28. The molecule has 0 aliphatic heterocycles. The van der Waals surface area contributed by atoms with E-state index in [0.717, 1.165) is 39.3 Å². The molecule has 160 valence electrons. The molecule has 0 atom stereocenters. The summed E-state index contributed by atoms with van der Waals surface area (Å²) in [5, 5.41) is 4.74. The van der Waals surface area contributed by atoms with Crippen LogP contribution < -0.4 is 15.2 Å². The molecule has 3 heterocycles. The molecule has 0 fully saturated rings. The smallest absolute Gasteiger partial charge is 0.191 e. The molecule has 5 rings (SSSR count). The van der Waals surface area contributed by atoms with Crippen molar-refractivity contribution in [2.45, 2.75) is 36.6 Å². The Hall–Kier alpha value is -2.36. The topological polar surface area (TPSA) is 83.2 Å². The van der Waals surface area contributed by atoms with Crippen LogP contribution in [-0.4, -0.2) is 29.2 Å². The molecule has 1 aromatic carbocycles. The zero-order valence-electron chi connectivity index (χ0n) is 17.3. The second-order valence-electron chi connectivity index (χ2n) is 7.26. The van der Waals surface area contributed by atoms with E-state index >= 15 is 0 Å². The van der Waals surface area contributed by atoms with Crippen LogP contribution in [0, 0.1) is 0 Å². The van der Waals surface area contributed by atoms with E-state index in [-0.39, 0.29) is 0 Å². The predicted molar refractivity (Wildman–Crippen MR) is 129 cm³/mol. The lowest BCUT2D eigenvalue weighted by molar-refractivity contribution is 0.356. The molecule has 0 spiro atoms. The summed E-state index contributed by atoms with van der Waals surface area (Å²) >= 11 is 4.93. The number of thiophene rings is 1. The largest absolute Gasteiger partial charge is 0.493 e. The maximum absolute atomic E-state index is 6.34. The molecular formula is C22H22N4O2S3. The summed E-state index contributed by atoms with van der Waals surface area (Å²) in [4.78, 5) is 16.6. The van der Waals surface area contributed by atoms with Gasteiger partial charge < -0.3 is 15.2 Å². The van der Waals surface area contributed by atoms with Crippen LogP contribution in [0.5, 0.6) is 11.5 Å². The molecule has 0 saturated heterocycles. The molecule has 4 aromatic rings. The maximum Gasteiger partial charge on any atom is 0.191 e. The molecule has 0 unspecified atom stereocenters. The van der Waals surface area contributed by atoms with Crippen LogP contribution in [-0.2, 0) is 18.6 Å². The molecule has 0 radical (unpaired) electrons. The number of fused-ring (bicyclic) bond motifs is 3. The first-order valence-corrected chi connectivity index (χ1v) is 12.7. The summed E-state index contributed by atoms with van der Waals surface area (Å²) in [5.74, 6) is 2.68. The third-order valence-corrected chi connectivity index (χ3v) is 8.35. The van der Waals surface area contributed by atoms with Gasteiger partial charge in [0, 0.05) is 16.0 Å². The molecule has 9 heteroatoms. The minimum atomic E-state index is 0.604. The SMILES string of the molecule is COc1cccc(-c2nc(CSc3nc(N)c4c5c(sc4n3)CCCC5)cs2)c1OC. The Morgan fingerprint density at radius 1 is 1.10 bits per heavy atom. The molecule has 6 nitrogen and oxygen atoms in total. The third kappa shape index (κ3) is 3.86. The van der Waals surface area contributed by atoms with E-state index in [4.69, 9.17) is 25.2 Å². The van der Waals surface area contributed by atoms with Crippen molar-refractivity contribution in [3.63, 3.8) is 0 Å². The number of nitrogens with two attached hydrogens (primary N) is 1. The van der Waals surface area contributed by atoms with Gasteiger partial charge in [0.2, 0.25) is 0 Å². The second kappa shape index (κ2) is 8.64. The van der Waals surface area contributed by atoms with Crippen LogP contribution in [0.15, 0.2) is 28.7 Å². The minimum absolute atomic E-state index is 0.604. The van der Waals surface area contributed by atoms with Crippen LogP contribution in [0.3, 0.4) is 0 Å². The van der Waals surface area contributed by atoms with Crippen LogP contribution >= 0.6 is 34.4 Å². The fraction of sp³-hybridized carbons (Fsp3) is 0.318. The first kappa shape index (κ1) is 20.5. The highest BCUT2D eigenvalue weighted by Crippen LogP contribution is 2.40. The molecule has 0 amide bonds. The highest BCUT2D eigenvalue weighted by atomic mass is 32.2. The van der Waals surface area contributed by atoms with Gasteiger partial charge in [-0.15, -0.1) is 22.7 Å². The van der Waals surface area contributed by atoms with E-state index in [1.165, 1.54) is 23.3 Å². The van der Waals surface area contributed by atoms with E-state index in [1.807, 2.05) is 18.2 Å². The maximum atomic E-state index is 6.34. The van der Waals surface area contributed by atoms with Gasteiger partial charge in [-0.25, -0.2) is 15.0 Å². The van der Waals surface area contributed by atoms with Crippen molar-refractivity contribution in [2.75, 3.05) is 20.0 Å². The van der Waals surface area contributed by atoms with Crippen molar-refractivity contribution < 1.29 is 9.47 Å². The Kier molecular flexibility index (Phi) is 5.73. The van der Waals surface area contributed by atoms with E-state index in [9.17, 15) is 0 Å². The quantitative estimate of drug-likeness (QED) is 0.291. The molecule has 0 saturated carbocycles. The van der Waals surface area contributed by atoms with Gasteiger partial charge in [-0.1, -0.05) is 17.8 Å². The first-order valence-electron chi connectivity index (χ1n) is 10.0. The van der Waals surface area contributed by atoms with E-state index in [1.54, 1.807) is 48.7 Å². The average Bonchev–Trinajstić information content (AvgIpc) is 3.41. The number of anilines is 1. The van der Waals surface area contributed by atoms with Gasteiger partial charge in [-0.05, 0) is 43.4 Å². The van der Waals surface area contributed by atoms with Crippen molar-refractivity contribution in [1.82, 2.24) is 15.0 Å². The molecular weight excluding hydrogens is 448 g/mol. The van der Waals surface area contributed by atoms with E-state index < -0.39 is 0 Å². The van der Waals surface area contributed by atoms with Gasteiger partial charge in [0.1, 0.15) is 15.7 Å². The zero-order chi connectivity index (χ0) is 21.4. The Balaban J connectivity index is 1.37. The fourth-order valence-corrected chi connectivity index (χ4v) is 6.94. The number of para-hydroxylation sites is 1. The standard InChI is InChI=1S/C22H22N4O2S3/c1-27-15-8-5-7-14(18(15)28-2)20-24-12(10-29-20)11-30-22-25-19(23)17-13-6-3-4-9-16(13)31-21(17)26-22/h5,7-8,10H,3-4,6,9,11H2,1-2H3,(H2,23,25,26). The Labute approximate surface area is 192 Å². The molecule has 2 N–H and O–H groups in total. The molecule has 0 bridgehead atoms. The minimum Gasteiger partial charge on any atom is -0.493 e. The molecule has 1 aliphatic rings. The monoisotopic (exact) mass is 470 g/mol. The van der Waals surface area contributed by atoms with Crippen LogP contribution in [0.2, 0.25) is 0 Å². The zero-order valence-corrected chi connectivity index (χ0v) is 19.8. The highest BCUT2D eigenvalue weighted by Gasteiger charge is 2.20. The number of nitrogens with zero attached hydrogens (tertiary/aromatic N) is 3. The van der Waals surface area contributed by atoms with Gasteiger partial charge in [0.25, 0.3) is 0 Å². The predicted octanol–water partition coefficient (Wildman–Crippen LogP) is 5.59. The number of hydrogen-bond acceptors (Lipinski definition) is 9. The molecule has 3 aromatic heterocycles. The summed E-state index contributed by atoms with van der Waals surface area (Å²) in [6, 6.07) is 5.82.